The molecule has 2 aromatic carbocycles. The molecule has 0 heterocycles. The second-order valence-electron chi connectivity index (χ2n) is 4.97. The maximum Gasteiger partial charge on any atom is 0.308 e. The van der Waals surface area contributed by atoms with Crippen LogP contribution in [0.1, 0.15) is 22.8 Å². The molecule has 2 N–H and O–H groups in total. The zero-order chi connectivity index (χ0) is 18.1. The summed E-state index contributed by atoms with van der Waals surface area (Å²) in [5, 5.41) is 6.28. The Balaban J connectivity index is 1.85. The number of ether oxygens (including phenoxy) is 1. The molecule has 0 saturated heterocycles. The van der Waals surface area contributed by atoms with E-state index in [1.165, 1.54) is 13.1 Å². The average Bonchev–Trinajstić information content (AvgIpc) is 2.61. The number of carbonyl (C=O) groups is 3. The third-order valence-corrected chi connectivity index (χ3v) is 3.01. The molecule has 0 aliphatic rings. The SMILES string of the molecule is CC(=O)Oc1ccccc1/C=N/NC(=O)CNC(=O)c1ccccc1. The van der Waals surface area contributed by atoms with Crippen LogP contribution in [0.2, 0.25) is 0 Å². The molecule has 0 radical (unpaired) electrons. The molecule has 0 aliphatic heterocycles. The number of hydrogen-bond acceptors (Lipinski definition) is 5. The van der Waals surface area contributed by atoms with E-state index in [9.17, 15) is 14.4 Å². The topological polar surface area (TPSA) is 96.9 Å². The van der Waals surface area contributed by atoms with Crippen LogP contribution >= 0.6 is 0 Å². The number of carbonyl (C=O) groups excluding carboxylic acids is 3. The number of para-hydroxylation sites is 1. The van der Waals surface area contributed by atoms with Crippen molar-refractivity contribution in [1.29, 1.82) is 0 Å². The number of hydrazone groups is 1. The van der Waals surface area contributed by atoms with Crippen molar-refractivity contribution in [2.75, 3.05) is 6.54 Å². The Kier molecular flexibility index (Phi) is 6.41. The maximum absolute atomic E-state index is 11.8. The van der Waals surface area contributed by atoms with Gasteiger partial charge in [-0.15, -0.1) is 0 Å². The number of nitrogens with one attached hydrogen (secondary N) is 2. The first-order valence-electron chi connectivity index (χ1n) is 7.49. The van der Waals surface area contributed by atoms with Gasteiger partial charge in [0.1, 0.15) is 5.75 Å². The molecule has 0 aliphatic carbocycles. The number of nitrogens with zero attached hydrogens (tertiary/aromatic N) is 1. The van der Waals surface area contributed by atoms with Crippen molar-refractivity contribution in [3.05, 3.63) is 65.7 Å². The molecule has 0 spiro atoms. The Morgan fingerprint density at radius 1 is 1.04 bits per heavy atom. The second-order valence-corrected chi connectivity index (χ2v) is 4.97. The van der Waals surface area contributed by atoms with E-state index in [0.29, 0.717) is 16.9 Å². The summed E-state index contributed by atoms with van der Waals surface area (Å²) in [5.41, 5.74) is 3.29. The van der Waals surface area contributed by atoms with E-state index in [1.54, 1.807) is 54.6 Å². The first-order chi connectivity index (χ1) is 12.1. The maximum atomic E-state index is 11.8. The molecule has 0 unspecified atom stereocenters. The molecular weight excluding hydrogens is 322 g/mol. The summed E-state index contributed by atoms with van der Waals surface area (Å²) < 4.78 is 5.03. The fourth-order valence-electron chi connectivity index (χ4n) is 1.90. The fraction of sp³-hybridized carbons (Fsp3) is 0.111. The van der Waals surface area contributed by atoms with Gasteiger partial charge in [-0.25, -0.2) is 5.43 Å². The van der Waals surface area contributed by atoms with Crippen LogP contribution in [-0.4, -0.2) is 30.5 Å². The Hall–Kier alpha value is -3.48. The lowest BCUT2D eigenvalue weighted by Crippen LogP contribution is -2.34. The molecule has 2 aromatic rings. The van der Waals surface area contributed by atoms with E-state index in [0.717, 1.165) is 0 Å². The zero-order valence-corrected chi connectivity index (χ0v) is 13.6. The van der Waals surface area contributed by atoms with Crippen molar-refractivity contribution in [2.24, 2.45) is 5.10 Å². The van der Waals surface area contributed by atoms with Crippen LogP contribution in [0.15, 0.2) is 59.7 Å². The first kappa shape index (κ1) is 17.9. The second kappa shape index (κ2) is 8.97. The van der Waals surface area contributed by atoms with Crippen LogP contribution in [0, 0.1) is 0 Å². The van der Waals surface area contributed by atoms with Crippen LogP contribution in [-0.2, 0) is 9.59 Å². The van der Waals surface area contributed by atoms with Gasteiger partial charge in [0.25, 0.3) is 11.8 Å². The highest BCUT2D eigenvalue weighted by atomic mass is 16.5. The van der Waals surface area contributed by atoms with Gasteiger partial charge in [-0.1, -0.05) is 30.3 Å². The van der Waals surface area contributed by atoms with Gasteiger partial charge in [0, 0.05) is 18.1 Å². The minimum absolute atomic E-state index is 0.212. The summed E-state index contributed by atoms with van der Waals surface area (Å²) >= 11 is 0. The van der Waals surface area contributed by atoms with Gasteiger partial charge < -0.3 is 10.1 Å². The van der Waals surface area contributed by atoms with E-state index >= 15 is 0 Å². The van der Waals surface area contributed by atoms with Crippen molar-refractivity contribution >= 4 is 24.0 Å². The number of amides is 2. The third-order valence-electron chi connectivity index (χ3n) is 3.01. The van der Waals surface area contributed by atoms with Crippen LogP contribution in [0.25, 0.3) is 0 Å². The Bertz CT molecular complexity index is 788. The highest BCUT2D eigenvalue weighted by Crippen LogP contribution is 2.15. The summed E-state index contributed by atoms with van der Waals surface area (Å²) in [6, 6.07) is 15.3. The van der Waals surface area contributed by atoms with Gasteiger partial charge in [0.05, 0.1) is 12.8 Å². The predicted molar refractivity (Wildman–Crippen MR) is 92.3 cm³/mol. The van der Waals surface area contributed by atoms with Crippen molar-refractivity contribution in [2.45, 2.75) is 6.92 Å². The molecule has 0 saturated carbocycles. The lowest BCUT2D eigenvalue weighted by atomic mass is 10.2. The summed E-state index contributed by atoms with van der Waals surface area (Å²) in [6.07, 6.45) is 1.36. The molecule has 7 nitrogen and oxygen atoms in total. The summed E-state index contributed by atoms with van der Waals surface area (Å²) in [5.74, 6) is -0.940. The lowest BCUT2D eigenvalue weighted by molar-refractivity contribution is -0.131. The molecule has 25 heavy (non-hydrogen) atoms. The average molecular weight is 339 g/mol. The van der Waals surface area contributed by atoms with Crippen molar-refractivity contribution in [1.82, 2.24) is 10.7 Å². The highest BCUT2D eigenvalue weighted by Gasteiger charge is 2.07. The minimum atomic E-state index is -0.481. The van der Waals surface area contributed by atoms with E-state index in [-0.39, 0.29) is 12.5 Å². The summed E-state index contributed by atoms with van der Waals surface area (Å²) in [4.78, 5) is 34.6. The Morgan fingerprint density at radius 3 is 2.44 bits per heavy atom. The van der Waals surface area contributed by atoms with E-state index in [2.05, 4.69) is 15.8 Å². The molecule has 128 valence electrons. The molecule has 0 fully saturated rings. The van der Waals surface area contributed by atoms with Crippen molar-refractivity contribution in [3.8, 4) is 5.75 Å². The van der Waals surface area contributed by atoms with Crippen molar-refractivity contribution < 1.29 is 19.1 Å². The summed E-state index contributed by atoms with van der Waals surface area (Å²) in [6.45, 7) is 1.09. The molecule has 0 aromatic heterocycles. The lowest BCUT2D eigenvalue weighted by Gasteiger charge is -2.05. The van der Waals surface area contributed by atoms with Crippen LogP contribution < -0.4 is 15.5 Å². The molecule has 7 heteroatoms. The number of rotatable bonds is 6. The Labute approximate surface area is 144 Å². The highest BCUT2D eigenvalue weighted by molar-refractivity contribution is 5.96. The largest absolute Gasteiger partial charge is 0.426 e. The number of benzene rings is 2. The van der Waals surface area contributed by atoms with Crippen LogP contribution in [0.5, 0.6) is 5.75 Å². The van der Waals surface area contributed by atoms with Crippen LogP contribution in [0.3, 0.4) is 0 Å². The Morgan fingerprint density at radius 2 is 1.72 bits per heavy atom. The zero-order valence-electron chi connectivity index (χ0n) is 13.6. The van der Waals surface area contributed by atoms with E-state index < -0.39 is 11.9 Å². The number of hydrogen-bond donors (Lipinski definition) is 2. The van der Waals surface area contributed by atoms with Crippen molar-refractivity contribution in [3.63, 3.8) is 0 Å². The molecule has 0 bridgehead atoms. The summed E-state index contributed by atoms with van der Waals surface area (Å²) in [7, 11) is 0. The molecular formula is C18H17N3O4. The quantitative estimate of drug-likeness (QED) is 0.361. The van der Waals surface area contributed by atoms with Gasteiger partial charge in [0.15, 0.2) is 0 Å². The molecule has 2 rings (SSSR count). The molecule has 0 atom stereocenters. The monoisotopic (exact) mass is 339 g/mol. The minimum Gasteiger partial charge on any atom is -0.426 e. The standard InChI is InChI=1S/C18H17N3O4/c1-13(22)25-16-10-6-5-9-15(16)11-20-21-17(23)12-19-18(24)14-7-3-2-4-8-14/h2-11H,12H2,1H3,(H,19,24)(H,21,23)/b20-11+. The third kappa shape index (κ3) is 5.91. The normalized spacial score (nSPS) is 10.3. The van der Waals surface area contributed by atoms with Crippen LogP contribution in [0.4, 0.5) is 0 Å². The first-order valence-corrected chi connectivity index (χ1v) is 7.49. The van der Waals surface area contributed by atoms with Gasteiger partial charge in [-0.3, -0.25) is 14.4 Å². The molecule has 2 amide bonds. The van der Waals surface area contributed by atoms with Gasteiger partial charge in [-0.2, -0.15) is 5.10 Å². The fourth-order valence-corrected chi connectivity index (χ4v) is 1.90. The number of esters is 1. The predicted octanol–water partition coefficient (Wildman–Crippen LogP) is 1.49. The van der Waals surface area contributed by atoms with E-state index in [4.69, 9.17) is 4.74 Å². The van der Waals surface area contributed by atoms with Gasteiger partial charge >= 0.3 is 5.97 Å². The van der Waals surface area contributed by atoms with Gasteiger partial charge in [-0.05, 0) is 24.3 Å². The van der Waals surface area contributed by atoms with E-state index in [1.807, 2.05) is 0 Å². The smallest absolute Gasteiger partial charge is 0.308 e. The van der Waals surface area contributed by atoms with Gasteiger partial charge in [0.2, 0.25) is 0 Å².